The van der Waals surface area contributed by atoms with Crippen LogP contribution in [0.15, 0.2) is 36.4 Å². The molecular formula is C18H22ClN4OS2+. The molecule has 5 nitrogen and oxygen atoms in total. The molecule has 1 unspecified atom stereocenters. The summed E-state index contributed by atoms with van der Waals surface area (Å²) in [4.78, 5) is 2.55. The van der Waals surface area contributed by atoms with Gasteiger partial charge in [0.15, 0.2) is 12.5 Å². The van der Waals surface area contributed by atoms with Crippen molar-refractivity contribution in [1.29, 1.82) is 0 Å². The largest absolute Gasteiger partial charge is 0.497 e. The molecule has 0 aliphatic heterocycles. The number of nitrogens with zero attached hydrogens (tertiary/aromatic N) is 3. The topological polar surface area (TPSA) is 36.4 Å². The van der Waals surface area contributed by atoms with E-state index in [4.69, 9.17) is 33.7 Å². The third kappa shape index (κ3) is 4.17. The van der Waals surface area contributed by atoms with E-state index in [1.807, 2.05) is 35.0 Å². The van der Waals surface area contributed by atoms with Crippen LogP contribution in [-0.2, 0) is 19.8 Å². The van der Waals surface area contributed by atoms with Crippen LogP contribution in [0.3, 0.4) is 0 Å². The second-order valence-electron chi connectivity index (χ2n) is 6.08. The predicted octanol–water partition coefficient (Wildman–Crippen LogP) is 3.50. The smallest absolute Gasteiger partial charge is 0.203 e. The first-order valence-corrected chi connectivity index (χ1v) is 9.99. The minimum Gasteiger partial charge on any atom is -0.497 e. The molecule has 0 aliphatic rings. The minimum atomic E-state index is 0.699. The Morgan fingerprint density at radius 3 is 2.54 bits per heavy atom. The molecule has 0 fully saturated rings. The molecule has 138 valence electrons. The fourth-order valence-corrected chi connectivity index (χ4v) is 4.36. The van der Waals surface area contributed by atoms with Gasteiger partial charge in [-0.1, -0.05) is 11.6 Å². The fraction of sp³-hybridized carbons (Fsp3) is 0.333. The number of benzene rings is 1. The van der Waals surface area contributed by atoms with Crippen molar-refractivity contribution in [2.75, 3.05) is 14.2 Å². The molecule has 1 N–H and O–H groups in total. The SMILES string of the molecule is CCn1c(-c2ccc(OC)cc2)nn(C[NH+](C)Cc2ccc(Cl)s2)c1=S. The Hall–Kier alpha value is -1.67. The maximum absolute atomic E-state index is 6.02. The van der Waals surface area contributed by atoms with E-state index in [9.17, 15) is 0 Å². The Morgan fingerprint density at radius 2 is 1.96 bits per heavy atom. The number of thiophene rings is 1. The van der Waals surface area contributed by atoms with Crippen LogP contribution in [0.2, 0.25) is 4.34 Å². The zero-order chi connectivity index (χ0) is 18.7. The molecule has 2 aromatic heterocycles. The molecule has 0 aliphatic carbocycles. The lowest BCUT2D eigenvalue weighted by molar-refractivity contribution is -0.917. The van der Waals surface area contributed by atoms with Gasteiger partial charge in [0.25, 0.3) is 0 Å². The zero-order valence-electron chi connectivity index (χ0n) is 15.0. The summed E-state index contributed by atoms with van der Waals surface area (Å²) in [6.07, 6.45) is 0. The lowest BCUT2D eigenvalue weighted by atomic mass is 10.2. The van der Waals surface area contributed by atoms with Crippen molar-refractivity contribution in [2.45, 2.75) is 26.7 Å². The van der Waals surface area contributed by atoms with E-state index in [-0.39, 0.29) is 0 Å². The summed E-state index contributed by atoms with van der Waals surface area (Å²) in [5.74, 6) is 1.71. The third-order valence-electron chi connectivity index (χ3n) is 4.11. The molecule has 0 saturated carbocycles. The van der Waals surface area contributed by atoms with Gasteiger partial charge in [0.2, 0.25) is 4.77 Å². The van der Waals surface area contributed by atoms with E-state index in [1.165, 1.54) is 9.78 Å². The number of nitrogens with one attached hydrogen (secondary N) is 1. The normalized spacial score (nSPS) is 12.3. The Balaban J connectivity index is 1.83. The van der Waals surface area contributed by atoms with Crippen LogP contribution in [0.1, 0.15) is 11.8 Å². The van der Waals surface area contributed by atoms with Gasteiger partial charge in [-0.05, 0) is 55.5 Å². The highest BCUT2D eigenvalue weighted by atomic mass is 35.5. The first-order valence-electron chi connectivity index (χ1n) is 8.39. The highest BCUT2D eigenvalue weighted by molar-refractivity contribution is 7.71. The highest BCUT2D eigenvalue weighted by Crippen LogP contribution is 2.22. The summed E-state index contributed by atoms with van der Waals surface area (Å²) in [5.41, 5.74) is 1.03. The van der Waals surface area contributed by atoms with Crippen molar-refractivity contribution in [1.82, 2.24) is 14.3 Å². The van der Waals surface area contributed by atoms with E-state index in [0.29, 0.717) is 6.67 Å². The summed E-state index contributed by atoms with van der Waals surface area (Å²) in [6, 6.07) is 11.9. The van der Waals surface area contributed by atoms with E-state index in [2.05, 4.69) is 24.6 Å². The molecule has 2 heterocycles. The van der Waals surface area contributed by atoms with Gasteiger partial charge in [-0.2, -0.15) is 4.68 Å². The van der Waals surface area contributed by atoms with Crippen molar-refractivity contribution < 1.29 is 9.64 Å². The lowest BCUT2D eigenvalue weighted by Gasteiger charge is -2.12. The quantitative estimate of drug-likeness (QED) is 0.607. The second kappa shape index (κ2) is 8.35. The van der Waals surface area contributed by atoms with E-state index < -0.39 is 0 Å². The van der Waals surface area contributed by atoms with E-state index in [0.717, 1.165) is 39.3 Å². The number of hydrogen-bond donors (Lipinski definition) is 1. The highest BCUT2D eigenvalue weighted by Gasteiger charge is 2.15. The molecule has 0 amide bonds. The maximum atomic E-state index is 6.02. The summed E-state index contributed by atoms with van der Waals surface area (Å²) in [5, 5.41) is 4.78. The van der Waals surface area contributed by atoms with Crippen molar-refractivity contribution in [3.05, 3.63) is 50.4 Å². The number of hydrogen-bond acceptors (Lipinski definition) is 4. The van der Waals surface area contributed by atoms with Crippen LogP contribution < -0.4 is 9.64 Å². The number of methoxy groups -OCH3 is 1. The molecule has 26 heavy (non-hydrogen) atoms. The van der Waals surface area contributed by atoms with Crippen molar-refractivity contribution in [3.8, 4) is 17.1 Å². The molecule has 3 aromatic rings. The van der Waals surface area contributed by atoms with E-state index >= 15 is 0 Å². The van der Waals surface area contributed by atoms with Crippen LogP contribution in [0.4, 0.5) is 0 Å². The van der Waals surface area contributed by atoms with Crippen LogP contribution in [0.25, 0.3) is 11.4 Å². The van der Waals surface area contributed by atoms with Crippen molar-refractivity contribution in [2.24, 2.45) is 0 Å². The molecule has 1 atom stereocenters. The maximum Gasteiger partial charge on any atom is 0.203 e. The molecule has 0 spiro atoms. The summed E-state index contributed by atoms with van der Waals surface area (Å²) in [6.45, 7) is 4.44. The molecule has 3 rings (SSSR count). The van der Waals surface area contributed by atoms with Crippen LogP contribution in [-0.4, -0.2) is 28.5 Å². The van der Waals surface area contributed by atoms with Gasteiger partial charge in [-0.25, -0.2) is 0 Å². The molecule has 0 bridgehead atoms. The predicted molar refractivity (Wildman–Crippen MR) is 109 cm³/mol. The summed E-state index contributed by atoms with van der Waals surface area (Å²) in [7, 11) is 3.80. The zero-order valence-corrected chi connectivity index (χ0v) is 17.4. The summed E-state index contributed by atoms with van der Waals surface area (Å²) < 4.78 is 10.8. The number of quaternary nitrogens is 1. The molecular weight excluding hydrogens is 388 g/mol. The van der Waals surface area contributed by atoms with Gasteiger partial charge in [-0.3, -0.25) is 0 Å². The third-order valence-corrected chi connectivity index (χ3v) is 5.77. The average molecular weight is 410 g/mol. The molecule has 0 saturated heterocycles. The van der Waals surface area contributed by atoms with Gasteiger partial charge in [0.1, 0.15) is 12.3 Å². The number of ether oxygens (including phenoxy) is 1. The minimum absolute atomic E-state index is 0.699. The number of halogens is 1. The van der Waals surface area contributed by atoms with E-state index in [1.54, 1.807) is 18.4 Å². The van der Waals surface area contributed by atoms with Gasteiger partial charge in [0.05, 0.1) is 23.4 Å². The Morgan fingerprint density at radius 1 is 1.23 bits per heavy atom. The van der Waals surface area contributed by atoms with Crippen molar-refractivity contribution >= 4 is 35.2 Å². The second-order valence-corrected chi connectivity index (χ2v) is 8.24. The first kappa shape index (κ1) is 19.1. The van der Waals surface area contributed by atoms with Crippen molar-refractivity contribution in [3.63, 3.8) is 0 Å². The van der Waals surface area contributed by atoms with Gasteiger partial charge < -0.3 is 14.2 Å². The monoisotopic (exact) mass is 409 g/mol. The van der Waals surface area contributed by atoms with Crippen LogP contribution in [0.5, 0.6) is 5.75 Å². The lowest BCUT2D eigenvalue weighted by Crippen LogP contribution is -3.06. The van der Waals surface area contributed by atoms with Gasteiger partial charge in [0, 0.05) is 12.1 Å². The molecule has 0 radical (unpaired) electrons. The standard InChI is InChI=1S/C18H21ClN4OS2/c1-4-22-17(13-5-7-14(24-3)8-6-13)20-23(18(22)25)12-21(2)11-15-9-10-16(19)26-15/h5-10H,4,11-12H2,1-3H3/p+1. The van der Waals surface area contributed by atoms with Gasteiger partial charge >= 0.3 is 0 Å². The van der Waals surface area contributed by atoms with Gasteiger partial charge in [-0.15, -0.1) is 16.4 Å². The Bertz CT molecular complexity index is 930. The Kier molecular flexibility index (Phi) is 6.13. The summed E-state index contributed by atoms with van der Waals surface area (Å²) >= 11 is 13.3. The average Bonchev–Trinajstić information content (AvgIpc) is 3.18. The first-order chi connectivity index (χ1) is 12.5. The van der Waals surface area contributed by atoms with Crippen LogP contribution >= 0.6 is 35.2 Å². The molecule has 1 aromatic carbocycles. The molecule has 8 heteroatoms. The Labute approximate surface area is 167 Å². The number of rotatable bonds is 7. The number of aromatic nitrogens is 3. The van der Waals surface area contributed by atoms with Crippen LogP contribution in [0, 0.1) is 4.77 Å². The fourth-order valence-electron chi connectivity index (χ4n) is 2.84.